The summed E-state index contributed by atoms with van der Waals surface area (Å²) in [5, 5.41) is 0. The SMILES string of the molecule is CS(=O)c1ccc(-c2cnc(OCC3CC4CCC(C3)C(C(=O)OC(C)(C)C)C4)nc2)cc1. The van der Waals surface area contributed by atoms with E-state index in [2.05, 4.69) is 9.97 Å². The summed E-state index contributed by atoms with van der Waals surface area (Å²) in [6.07, 6.45) is 10.5. The number of benzene rings is 1. The molecule has 0 saturated heterocycles. The second kappa shape index (κ2) is 9.92. The summed E-state index contributed by atoms with van der Waals surface area (Å²) in [4.78, 5) is 22.3. The van der Waals surface area contributed by atoms with Crippen molar-refractivity contribution in [2.45, 2.75) is 63.4 Å². The van der Waals surface area contributed by atoms with Crippen LogP contribution in [-0.4, -0.2) is 38.6 Å². The van der Waals surface area contributed by atoms with Crippen molar-refractivity contribution in [2.75, 3.05) is 12.9 Å². The highest BCUT2D eigenvalue weighted by Crippen LogP contribution is 2.46. The fraction of sp³-hybridized carbons (Fsp3) is 0.577. The summed E-state index contributed by atoms with van der Waals surface area (Å²) in [7, 11) is -0.991. The minimum absolute atomic E-state index is 0.0139. The molecule has 0 amide bonds. The van der Waals surface area contributed by atoms with Gasteiger partial charge in [-0.25, -0.2) is 9.97 Å². The number of esters is 1. The van der Waals surface area contributed by atoms with Gasteiger partial charge in [-0.2, -0.15) is 0 Å². The molecule has 1 aromatic carbocycles. The van der Waals surface area contributed by atoms with Crippen LogP contribution in [0.4, 0.5) is 0 Å². The molecule has 3 fully saturated rings. The Balaban J connectivity index is 1.34. The van der Waals surface area contributed by atoms with Crippen molar-refractivity contribution >= 4 is 16.8 Å². The molecule has 3 aliphatic rings. The van der Waals surface area contributed by atoms with E-state index in [-0.39, 0.29) is 11.9 Å². The topological polar surface area (TPSA) is 78.4 Å². The fourth-order valence-corrected chi connectivity index (χ4v) is 5.71. The molecule has 5 unspecified atom stereocenters. The first-order valence-corrected chi connectivity index (χ1v) is 13.4. The van der Waals surface area contributed by atoms with Gasteiger partial charge in [0.15, 0.2) is 0 Å². The van der Waals surface area contributed by atoms with Gasteiger partial charge in [-0.3, -0.25) is 9.00 Å². The van der Waals surface area contributed by atoms with Gasteiger partial charge >= 0.3 is 12.0 Å². The van der Waals surface area contributed by atoms with Crippen molar-refractivity contribution in [3.63, 3.8) is 0 Å². The van der Waals surface area contributed by atoms with Gasteiger partial charge in [-0.1, -0.05) is 18.6 Å². The standard InChI is InChI=1S/C26H34N2O4S/c1-26(2,3)32-24(29)23-13-17-5-6-20(23)12-18(11-17)16-31-25-27-14-21(15-28-25)19-7-9-22(10-8-19)33(4)30/h7-10,14-15,17-18,20,23H,5-6,11-13,16H2,1-4H3. The minimum Gasteiger partial charge on any atom is -0.463 e. The molecule has 7 heteroatoms. The highest BCUT2D eigenvalue weighted by atomic mass is 32.2. The maximum Gasteiger partial charge on any atom is 0.316 e. The summed E-state index contributed by atoms with van der Waals surface area (Å²) >= 11 is 0. The number of hydrogen-bond acceptors (Lipinski definition) is 6. The summed E-state index contributed by atoms with van der Waals surface area (Å²) in [6, 6.07) is 7.96. The normalized spacial score (nSPS) is 25.8. The Morgan fingerprint density at radius 3 is 2.36 bits per heavy atom. The first-order valence-electron chi connectivity index (χ1n) is 11.8. The molecule has 6 nitrogen and oxygen atoms in total. The molecule has 0 spiro atoms. The van der Waals surface area contributed by atoms with E-state index in [4.69, 9.17) is 9.47 Å². The maximum atomic E-state index is 12.8. The largest absolute Gasteiger partial charge is 0.463 e. The molecule has 3 aliphatic carbocycles. The number of nitrogens with zero attached hydrogens (tertiary/aromatic N) is 2. The molecule has 178 valence electrons. The highest BCUT2D eigenvalue weighted by Gasteiger charge is 2.42. The Hall–Kier alpha value is -2.28. The number of hydrogen-bond donors (Lipinski definition) is 0. The van der Waals surface area contributed by atoms with Crippen LogP contribution >= 0.6 is 0 Å². The van der Waals surface area contributed by atoms with Crippen LogP contribution < -0.4 is 4.74 Å². The number of fused-ring (bicyclic) bond motifs is 4. The lowest BCUT2D eigenvalue weighted by atomic mass is 9.75. The minimum atomic E-state index is -0.991. The van der Waals surface area contributed by atoms with Gasteiger partial charge in [-0.05, 0) is 81.9 Å². The number of carbonyl (C=O) groups excluding carboxylic acids is 1. The van der Waals surface area contributed by atoms with Crippen LogP contribution in [-0.2, 0) is 20.3 Å². The van der Waals surface area contributed by atoms with Gasteiger partial charge in [0.25, 0.3) is 0 Å². The van der Waals surface area contributed by atoms with E-state index >= 15 is 0 Å². The zero-order chi connectivity index (χ0) is 23.6. The summed E-state index contributed by atoms with van der Waals surface area (Å²) in [5.41, 5.74) is 1.43. The van der Waals surface area contributed by atoms with Gasteiger partial charge in [0.2, 0.25) is 0 Å². The monoisotopic (exact) mass is 470 g/mol. The van der Waals surface area contributed by atoms with E-state index < -0.39 is 16.4 Å². The lowest BCUT2D eigenvalue weighted by molar-refractivity contribution is -0.163. The molecule has 0 aliphatic heterocycles. The summed E-state index contributed by atoms with van der Waals surface area (Å²) in [5.74, 6) is 1.31. The van der Waals surface area contributed by atoms with Crippen molar-refractivity contribution in [1.82, 2.24) is 9.97 Å². The van der Waals surface area contributed by atoms with Crippen molar-refractivity contribution in [2.24, 2.45) is 23.7 Å². The summed E-state index contributed by atoms with van der Waals surface area (Å²) in [6.45, 7) is 6.38. The van der Waals surface area contributed by atoms with Crippen LogP contribution in [0.2, 0.25) is 0 Å². The molecule has 0 N–H and O–H groups in total. The molecule has 1 heterocycles. The second-order valence-corrected chi connectivity index (χ2v) is 11.8. The molecule has 0 radical (unpaired) electrons. The molecule has 1 aromatic heterocycles. The highest BCUT2D eigenvalue weighted by molar-refractivity contribution is 7.84. The van der Waals surface area contributed by atoms with E-state index in [1.165, 1.54) is 6.42 Å². The van der Waals surface area contributed by atoms with E-state index in [1.54, 1.807) is 18.6 Å². The maximum absolute atomic E-state index is 12.8. The fourth-order valence-electron chi connectivity index (χ4n) is 5.19. The van der Waals surface area contributed by atoms with Crippen molar-refractivity contribution in [3.05, 3.63) is 36.7 Å². The molecule has 3 saturated carbocycles. The van der Waals surface area contributed by atoms with Crippen LogP contribution in [0, 0.1) is 23.7 Å². The number of aromatic nitrogens is 2. The van der Waals surface area contributed by atoms with Crippen LogP contribution in [0.15, 0.2) is 41.6 Å². The zero-order valence-electron chi connectivity index (χ0n) is 20.0. The average molecular weight is 471 g/mol. The lowest BCUT2D eigenvalue weighted by Gasteiger charge is -2.33. The molecular formula is C26H34N2O4S. The second-order valence-electron chi connectivity index (χ2n) is 10.5. The smallest absolute Gasteiger partial charge is 0.316 e. The van der Waals surface area contributed by atoms with E-state index in [0.717, 1.165) is 41.7 Å². The van der Waals surface area contributed by atoms with E-state index in [0.29, 0.717) is 30.4 Å². The van der Waals surface area contributed by atoms with Crippen LogP contribution in [0.1, 0.15) is 52.9 Å². The number of carbonyl (C=O) groups is 1. The number of ether oxygens (including phenoxy) is 2. The van der Waals surface area contributed by atoms with Gasteiger partial charge in [0.05, 0.1) is 12.5 Å². The average Bonchev–Trinajstić information content (AvgIpc) is 3.08. The third-order valence-corrected chi connectivity index (χ3v) is 7.65. The molecule has 5 atom stereocenters. The third-order valence-electron chi connectivity index (χ3n) is 6.71. The van der Waals surface area contributed by atoms with E-state index in [1.807, 2.05) is 45.0 Å². The van der Waals surface area contributed by atoms with Crippen molar-refractivity contribution in [1.29, 1.82) is 0 Å². The summed E-state index contributed by atoms with van der Waals surface area (Å²) < 4.78 is 23.2. The van der Waals surface area contributed by atoms with Gasteiger partial charge in [0, 0.05) is 39.9 Å². The molecule has 2 bridgehead atoms. The van der Waals surface area contributed by atoms with Crippen LogP contribution in [0.25, 0.3) is 11.1 Å². The van der Waals surface area contributed by atoms with Gasteiger partial charge in [-0.15, -0.1) is 0 Å². The van der Waals surface area contributed by atoms with Gasteiger partial charge in [0.1, 0.15) is 5.60 Å². The Labute approximate surface area is 199 Å². The Morgan fingerprint density at radius 1 is 1.03 bits per heavy atom. The molecular weight excluding hydrogens is 436 g/mol. The van der Waals surface area contributed by atoms with Crippen molar-refractivity contribution in [3.8, 4) is 17.1 Å². The Morgan fingerprint density at radius 2 is 1.73 bits per heavy atom. The van der Waals surface area contributed by atoms with Crippen molar-refractivity contribution < 1.29 is 18.5 Å². The van der Waals surface area contributed by atoms with Crippen LogP contribution in [0.5, 0.6) is 6.01 Å². The quantitative estimate of drug-likeness (QED) is 0.550. The first-order chi connectivity index (χ1) is 15.7. The Kier molecular flexibility index (Phi) is 7.17. The Bertz CT molecular complexity index is 985. The third kappa shape index (κ3) is 6.19. The van der Waals surface area contributed by atoms with Crippen LogP contribution in [0.3, 0.4) is 0 Å². The predicted octanol–water partition coefficient (Wildman–Crippen LogP) is 5.04. The first kappa shape index (κ1) is 23.9. The van der Waals surface area contributed by atoms with Gasteiger partial charge < -0.3 is 9.47 Å². The molecule has 33 heavy (non-hydrogen) atoms. The molecule has 5 rings (SSSR count). The molecule has 2 aromatic rings. The zero-order valence-corrected chi connectivity index (χ0v) is 20.8. The van der Waals surface area contributed by atoms with E-state index in [9.17, 15) is 9.00 Å². The number of rotatable bonds is 6. The lowest BCUT2D eigenvalue weighted by Crippen LogP contribution is -2.35. The predicted molar refractivity (Wildman–Crippen MR) is 128 cm³/mol.